The van der Waals surface area contributed by atoms with E-state index in [1.54, 1.807) is 6.07 Å². The lowest BCUT2D eigenvalue weighted by Gasteiger charge is -2.38. The number of piperidine rings is 1. The number of thiazole rings is 1. The number of para-hydroxylation sites is 1. The summed E-state index contributed by atoms with van der Waals surface area (Å²) in [5.41, 5.74) is 0.114. The number of esters is 1. The molecule has 8 nitrogen and oxygen atoms in total. The molecule has 1 aromatic heterocycles. The summed E-state index contributed by atoms with van der Waals surface area (Å²) < 4.78 is 69.5. The zero-order chi connectivity index (χ0) is 30.5. The fraction of sp³-hybridized carbons (Fsp3) is 0.433. The van der Waals surface area contributed by atoms with Crippen LogP contribution in [0.3, 0.4) is 0 Å². The van der Waals surface area contributed by atoms with Gasteiger partial charge in [-0.2, -0.15) is 0 Å². The van der Waals surface area contributed by atoms with Gasteiger partial charge in [0.2, 0.25) is 0 Å². The normalized spacial score (nSPS) is 22.4. The molecule has 2 aromatic carbocycles. The molecule has 3 heterocycles. The van der Waals surface area contributed by atoms with Crippen molar-refractivity contribution < 1.29 is 41.7 Å². The number of hydrogen-bond donors (Lipinski definition) is 2. The number of allylic oxidation sites excluding steroid dienone is 1. The Bertz CT molecular complexity index is 1590. The first-order chi connectivity index (χ1) is 20.5. The van der Waals surface area contributed by atoms with E-state index < -0.39 is 23.9 Å². The van der Waals surface area contributed by atoms with E-state index in [-0.39, 0.29) is 64.4 Å². The van der Waals surface area contributed by atoms with Crippen LogP contribution in [0, 0.1) is 17.1 Å². The van der Waals surface area contributed by atoms with Crippen molar-refractivity contribution in [3.05, 3.63) is 64.7 Å². The van der Waals surface area contributed by atoms with E-state index in [4.69, 9.17) is 14.9 Å². The highest BCUT2D eigenvalue weighted by Crippen LogP contribution is 2.44. The Kier molecular flexibility index (Phi) is 7.80. The monoisotopic (exact) mass is 619 g/mol. The molecule has 2 N–H and O–H groups in total. The Balaban J connectivity index is 1.18. The second kappa shape index (κ2) is 11.4. The fourth-order valence-electron chi connectivity index (χ4n) is 6.03. The van der Waals surface area contributed by atoms with Gasteiger partial charge in [-0.05, 0) is 62.8 Å². The molecular formula is C30H29F4N3O5S. The summed E-state index contributed by atoms with van der Waals surface area (Å²) in [5, 5.41) is 20.3. The van der Waals surface area contributed by atoms with Crippen molar-refractivity contribution >= 4 is 38.4 Å². The molecule has 0 radical (unpaired) electrons. The molecular weight excluding hydrogens is 590 g/mol. The number of fused-ring (bicyclic) bond motifs is 3. The molecule has 3 fully saturated rings. The SMILES string of the molecule is COC(=O)c1cc(F)c2nc(N3C4CC[C@H]3CC(OC/C(C(=N)c3ccccc3OC(F)(F)F)=C(/O)C3CC3)C4)sc2c1. The van der Waals surface area contributed by atoms with E-state index in [0.717, 1.165) is 37.8 Å². The number of methoxy groups -OCH3 is 1. The maximum Gasteiger partial charge on any atom is 0.573 e. The molecule has 13 heteroatoms. The average molecular weight is 620 g/mol. The molecule has 3 aliphatic rings. The predicted octanol–water partition coefficient (Wildman–Crippen LogP) is 6.93. The minimum Gasteiger partial charge on any atom is -0.512 e. The van der Waals surface area contributed by atoms with Crippen LogP contribution >= 0.6 is 11.3 Å². The average Bonchev–Trinajstić information content (AvgIpc) is 3.67. The van der Waals surface area contributed by atoms with Crippen LogP contribution in [0.2, 0.25) is 0 Å². The molecule has 2 saturated heterocycles. The largest absolute Gasteiger partial charge is 0.573 e. The number of anilines is 1. The highest BCUT2D eigenvalue weighted by molar-refractivity contribution is 7.22. The van der Waals surface area contributed by atoms with Gasteiger partial charge >= 0.3 is 12.3 Å². The van der Waals surface area contributed by atoms with Crippen molar-refractivity contribution in [2.75, 3.05) is 18.6 Å². The smallest absolute Gasteiger partial charge is 0.512 e. The first-order valence-electron chi connectivity index (χ1n) is 14.0. The van der Waals surface area contributed by atoms with Gasteiger partial charge in [0.25, 0.3) is 0 Å². The molecule has 0 spiro atoms. The standard InChI is InChI=1S/C30H29F4N3O5S/c1-40-28(39)16-10-22(31)26-24(11-16)43-29(36-26)37-17-8-9-18(37)13-19(12-17)41-14-21(27(38)15-6-7-15)25(35)20-4-2-3-5-23(20)42-30(32,33)34/h2-5,10-11,15,17-19,35,38H,6-9,12-14H2,1H3/b27-21-,35-25?/t17-,18?,19?/m0/s1. The van der Waals surface area contributed by atoms with E-state index >= 15 is 0 Å². The van der Waals surface area contributed by atoms with Crippen molar-refractivity contribution in [1.82, 2.24) is 4.98 Å². The van der Waals surface area contributed by atoms with Crippen molar-refractivity contribution in [3.8, 4) is 5.75 Å². The number of aliphatic hydroxyl groups excluding tert-OH is 1. The van der Waals surface area contributed by atoms with Gasteiger partial charge in [-0.15, -0.1) is 13.2 Å². The van der Waals surface area contributed by atoms with Crippen LogP contribution in [0.4, 0.5) is 22.7 Å². The highest BCUT2D eigenvalue weighted by Gasteiger charge is 2.43. The second-order valence-electron chi connectivity index (χ2n) is 11.0. The van der Waals surface area contributed by atoms with E-state index in [1.807, 2.05) is 0 Å². The summed E-state index contributed by atoms with van der Waals surface area (Å²) in [6, 6.07) is 8.24. The summed E-state index contributed by atoms with van der Waals surface area (Å²) in [6.07, 6.45) is -0.675. The van der Waals surface area contributed by atoms with Gasteiger partial charge in [0, 0.05) is 29.1 Å². The third-order valence-electron chi connectivity index (χ3n) is 8.19. The molecule has 228 valence electrons. The number of rotatable bonds is 9. The first kappa shape index (κ1) is 29.4. The lowest BCUT2D eigenvalue weighted by atomic mass is 9.98. The van der Waals surface area contributed by atoms with Gasteiger partial charge in [0.1, 0.15) is 17.0 Å². The van der Waals surface area contributed by atoms with Gasteiger partial charge < -0.3 is 24.2 Å². The quantitative estimate of drug-likeness (QED) is 0.116. The summed E-state index contributed by atoms with van der Waals surface area (Å²) >= 11 is 1.31. The third-order valence-corrected chi connectivity index (χ3v) is 9.21. The Morgan fingerprint density at radius 1 is 1.14 bits per heavy atom. The number of benzene rings is 2. The van der Waals surface area contributed by atoms with Crippen LogP contribution in [0.15, 0.2) is 47.7 Å². The fourth-order valence-corrected chi connectivity index (χ4v) is 7.19. The lowest BCUT2D eigenvalue weighted by Crippen LogP contribution is -2.45. The number of carbonyl (C=O) groups excluding carboxylic acids is 1. The number of alkyl halides is 3. The number of aliphatic hydroxyl groups is 1. The predicted molar refractivity (Wildman–Crippen MR) is 152 cm³/mol. The van der Waals surface area contributed by atoms with Crippen LogP contribution in [-0.4, -0.2) is 60.0 Å². The van der Waals surface area contributed by atoms with Crippen molar-refractivity contribution in [2.24, 2.45) is 5.92 Å². The Morgan fingerprint density at radius 3 is 2.49 bits per heavy atom. The lowest BCUT2D eigenvalue weighted by molar-refractivity contribution is -0.274. The summed E-state index contributed by atoms with van der Waals surface area (Å²) in [6.45, 7) is -0.131. The summed E-state index contributed by atoms with van der Waals surface area (Å²) in [5.74, 6) is -1.91. The number of hydrogen-bond acceptors (Lipinski definition) is 9. The van der Waals surface area contributed by atoms with Gasteiger partial charge in [-0.1, -0.05) is 23.5 Å². The van der Waals surface area contributed by atoms with Crippen LogP contribution in [0.25, 0.3) is 10.2 Å². The maximum atomic E-state index is 14.8. The number of ether oxygens (including phenoxy) is 3. The molecule has 2 unspecified atom stereocenters. The molecule has 0 amide bonds. The molecule has 3 atom stereocenters. The van der Waals surface area contributed by atoms with Crippen LogP contribution in [-0.2, 0) is 9.47 Å². The van der Waals surface area contributed by atoms with Crippen LogP contribution in [0.1, 0.15) is 54.4 Å². The van der Waals surface area contributed by atoms with Crippen molar-refractivity contribution in [2.45, 2.75) is 63.1 Å². The topological polar surface area (TPSA) is 105 Å². The minimum absolute atomic E-state index is 0.0324. The minimum atomic E-state index is -4.93. The van der Waals surface area contributed by atoms with Crippen LogP contribution in [0.5, 0.6) is 5.75 Å². The van der Waals surface area contributed by atoms with E-state index in [2.05, 4.69) is 14.6 Å². The summed E-state index contributed by atoms with van der Waals surface area (Å²) in [4.78, 5) is 18.7. The number of carbonyl (C=O) groups is 1. The van der Waals surface area contributed by atoms with E-state index in [9.17, 15) is 27.5 Å². The Labute approximate surface area is 248 Å². The van der Waals surface area contributed by atoms with E-state index in [1.165, 1.54) is 36.6 Å². The maximum absolute atomic E-state index is 14.8. The zero-order valence-electron chi connectivity index (χ0n) is 23.1. The van der Waals surface area contributed by atoms with Crippen molar-refractivity contribution in [3.63, 3.8) is 0 Å². The second-order valence-corrected chi connectivity index (χ2v) is 12.1. The first-order valence-corrected chi connectivity index (χ1v) is 14.8. The van der Waals surface area contributed by atoms with E-state index in [0.29, 0.717) is 22.7 Å². The molecule has 2 bridgehead atoms. The molecule has 1 saturated carbocycles. The Hall–Kier alpha value is -3.71. The zero-order valence-corrected chi connectivity index (χ0v) is 23.9. The van der Waals surface area contributed by atoms with Crippen LogP contribution < -0.4 is 9.64 Å². The number of halogens is 4. The van der Waals surface area contributed by atoms with Gasteiger partial charge in [-0.25, -0.2) is 14.2 Å². The molecule has 2 aliphatic heterocycles. The molecule has 1 aliphatic carbocycles. The third kappa shape index (κ3) is 6.05. The molecule has 6 rings (SSSR count). The van der Waals surface area contributed by atoms with Gasteiger partial charge in [0.15, 0.2) is 10.9 Å². The number of aromatic nitrogens is 1. The van der Waals surface area contributed by atoms with Gasteiger partial charge in [-0.3, -0.25) is 5.41 Å². The van der Waals surface area contributed by atoms with Crippen molar-refractivity contribution in [1.29, 1.82) is 5.41 Å². The number of nitrogens with one attached hydrogen (secondary N) is 1. The molecule has 3 aromatic rings. The Morgan fingerprint density at radius 2 is 1.84 bits per heavy atom. The number of nitrogens with zero attached hydrogens (tertiary/aromatic N) is 2. The highest BCUT2D eigenvalue weighted by atomic mass is 32.1. The van der Waals surface area contributed by atoms with Gasteiger partial charge in [0.05, 0.1) is 35.8 Å². The molecule has 43 heavy (non-hydrogen) atoms. The summed E-state index contributed by atoms with van der Waals surface area (Å²) in [7, 11) is 1.24.